The van der Waals surface area contributed by atoms with Crippen molar-refractivity contribution in [3.63, 3.8) is 0 Å². The summed E-state index contributed by atoms with van der Waals surface area (Å²) >= 11 is 0. The van der Waals surface area contributed by atoms with Gasteiger partial charge in [-0.2, -0.15) is 0 Å². The number of alkyl carbamates (subject to hydrolysis) is 1. The zero-order valence-electron chi connectivity index (χ0n) is 20.0. The van der Waals surface area contributed by atoms with Crippen LogP contribution in [0.25, 0.3) is 11.1 Å². The van der Waals surface area contributed by atoms with Crippen LogP contribution in [0.2, 0.25) is 0 Å². The molecule has 3 N–H and O–H groups in total. The van der Waals surface area contributed by atoms with Gasteiger partial charge >= 0.3 is 12.1 Å². The van der Waals surface area contributed by atoms with E-state index in [0.717, 1.165) is 41.5 Å². The van der Waals surface area contributed by atoms with Crippen molar-refractivity contribution in [1.82, 2.24) is 10.6 Å². The first-order chi connectivity index (χ1) is 16.8. The number of carbonyl (C=O) groups excluding carboxylic acids is 2. The molecule has 0 aromatic heterocycles. The maximum absolute atomic E-state index is 13.2. The monoisotopic (exact) mass is 476 g/mol. The fourth-order valence-electron chi connectivity index (χ4n) is 6.20. The van der Waals surface area contributed by atoms with E-state index in [2.05, 4.69) is 34.9 Å². The fraction of sp³-hybridized carbons (Fsp3) is 0.464. The van der Waals surface area contributed by atoms with E-state index in [0.29, 0.717) is 12.8 Å². The van der Waals surface area contributed by atoms with Crippen LogP contribution < -0.4 is 10.6 Å². The molecule has 7 nitrogen and oxygen atoms in total. The molecule has 0 radical (unpaired) electrons. The van der Waals surface area contributed by atoms with Crippen molar-refractivity contribution in [2.45, 2.75) is 56.9 Å². The van der Waals surface area contributed by atoms with Gasteiger partial charge in [-0.15, -0.1) is 0 Å². The Balaban J connectivity index is 1.24. The quantitative estimate of drug-likeness (QED) is 0.522. The lowest BCUT2D eigenvalue weighted by molar-refractivity contribution is -0.145. The van der Waals surface area contributed by atoms with Crippen molar-refractivity contribution in [3.05, 3.63) is 59.7 Å². The lowest BCUT2D eigenvalue weighted by atomic mass is 9.48. The van der Waals surface area contributed by atoms with Crippen LogP contribution in [0, 0.1) is 11.3 Å². The number of hydrogen-bond acceptors (Lipinski definition) is 4. The highest BCUT2D eigenvalue weighted by molar-refractivity contribution is 5.91. The van der Waals surface area contributed by atoms with Gasteiger partial charge in [-0.1, -0.05) is 61.9 Å². The molecular formula is C28H32N2O5. The number of fused-ring (bicyclic) bond motifs is 3. The lowest BCUT2D eigenvalue weighted by Crippen LogP contribution is -2.70. The van der Waals surface area contributed by atoms with Gasteiger partial charge < -0.3 is 20.5 Å². The van der Waals surface area contributed by atoms with Crippen LogP contribution in [0.1, 0.15) is 62.5 Å². The van der Waals surface area contributed by atoms with Gasteiger partial charge in [-0.05, 0) is 59.3 Å². The Morgan fingerprint density at radius 1 is 1.03 bits per heavy atom. The third kappa shape index (κ3) is 4.40. The summed E-state index contributed by atoms with van der Waals surface area (Å²) in [5.74, 6) is -1.38. The minimum Gasteiger partial charge on any atom is -0.481 e. The van der Waals surface area contributed by atoms with Crippen LogP contribution in [0.4, 0.5) is 4.79 Å². The maximum atomic E-state index is 13.2. The first-order valence-corrected chi connectivity index (χ1v) is 12.4. The number of carboxylic acid groups (broad SMARTS) is 1. The Kier molecular flexibility index (Phi) is 6.03. The first-order valence-electron chi connectivity index (χ1n) is 12.4. The molecular weight excluding hydrogens is 444 g/mol. The highest BCUT2D eigenvalue weighted by atomic mass is 16.5. The largest absolute Gasteiger partial charge is 0.481 e. The predicted octanol–water partition coefficient (Wildman–Crippen LogP) is 4.46. The number of rotatable bonds is 8. The van der Waals surface area contributed by atoms with E-state index in [-0.39, 0.29) is 42.7 Å². The highest BCUT2D eigenvalue weighted by Crippen LogP contribution is 2.60. The summed E-state index contributed by atoms with van der Waals surface area (Å²) in [6.45, 7) is 2.23. The molecule has 3 aliphatic rings. The van der Waals surface area contributed by atoms with Gasteiger partial charge in [-0.25, -0.2) is 4.79 Å². The average molecular weight is 477 g/mol. The van der Waals surface area contributed by atoms with Crippen LogP contribution in [0.3, 0.4) is 0 Å². The molecule has 1 atom stereocenters. The Hall–Kier alpha value is -3.35. The van der Waals surface area contributed by atoms with Gasteiger partial charge in [0.2, 0.25) is 5.91 Å². The Morgan fingerprint density at radius 2 is 1.63 bits per heavy atom. The highest BCUT2D eigenvalue weighted by Gasteiger charge is 2.61. The number of aliphatic carboxylic acids is 1. The minimum absolute atomic E-state index is 0.0168. The summed E-state index contributed by atoms with van der Waals surface area (Å²) in [4.78, 5) is 37.1. The van der Waals surface area contributed by atoms with Crippen molar-refractivity contribution in [1.29, 1.82) is 0 Å². The molecule has 2 fully saturated rings. The molecule has 0 heterocycles. The van der Waals surface area contributed by atoms with Crippen molar-refractivity contribution in [2.75, 3.05) is 13.2 Å². The molecule has 1 spiro atoms. The molecule has 184 valence electrons. The van der Waals surface area contributed by atoms with E-state index < -0.39 is 17.6 Å². The molecule has 0 saturated heterocycles. The van der Waals surface area contributed by atoms with Crippen LogP contribution in [0.15, 0.2) is 48.5 Å². The fourth-order valence-corrected chi connectivity index (χ4v) is 6.20. The third-order valence-electron chi connectivity index (χ3n) is 8.02. The van der Waals surface area contributed by atoms with Crippen LogP contribution in [-0.4, -0.2) is 41.8 Å². The van der Waals surface area contributed by atoms with Crippen LogP contribution in [0.5, 0.6) is 0 Å². The zero-order chi connectivity index (χ0) is 24.6. The second kappa shape index (κ2) is 9.02. The first kappa shape index (κ1) is 23.4. The number of hydrogen-bond donors (Lipinski definition) is 3. The number of nitrogens with one attached hydrogen (secondary N) is 2. The molecule has 2 aromatic carbocycles. The van der Waals surface area contributed by atoms with Gasteiger partial charge in [0.05, 0.1) is 0 Å². The normalized spacial score (nSPS) is 19.5. The van der Waals surface area contributed by atoms with E-state index in [9.17, 15) is 14.4 Å². The predicted molar refractivity (Wildman–Crippen MR) is 131 cm³/mol. The van der Waals surface area contributed by atoms with Crippen molar-refractivity contribution >= 4 is 18.0 Å². The van der Waals surface area contributed by atoms with E-state index in [1.807, 2.05) is 24.3 Å². The number of amides is 2. The molecule has 5 rings (SSSR count). The van der Waals surface area contributed by atoms with E-state index in [1.165, 1.54) is 0 Å². The molecule has 0 aliphatic heterocycles. The number of ether oxygens (including phenoxy) is 1. The van der Waals surface area contributed by atoms with Crippen LogP contribution >= 0.6 is 0 Å². The van der Waals surface area contributed by atoms with E-state index in [4.69, 9.17) is 9.84 Å². The van der Waals surface area contributed by atoms with Crippen LogP contribution in [-0.2, 0) is 14.3 Å². The standard InChI is InChI=1S/C28H32N2O5/c1-18(13-24(31)32)14-29-25(33)28(16-27(17-28)11-6-12-27)30-26(34)35-15-23-21-9-4-2-7-19(21)20-8-3-5-10-22(20)23/h2-5,7-10,18,23H,6,11-17H2,1H3,(H,29,33)(H,30,34)(H,31,32). The molecule has 7 heteroatoms. The maximum Gasteiger partial charge on any atom is 0.408 e. The molecule has 1 unspecified atom stereocenters. The second-order valence-electron chi connectivity index (χ2n) is 10.7. The SMILES string of the molecule is CC(CNC(=O)C1(NC(=O)OCC2c3ccccc3-c3ccccc32)CC2(CCC2)C1)CC(=O)O. The van der Waals surface area contributed by atoms with Gasteiger partial charge in [0.15, 0.2) is 0 Å². The zero-order valence-corrected chi connectivity index (χ0v) is 20.0. The molecule has 2 saturated carbocycles. The summed E-state index contributed by atoms with van der Waals surface area (Å²) < 4.78 is 5.71. The molecule has 3 aliphatic carbocycles. The number of carbonyl (C=O) groups is 3. The Labute approximate surface area is 205 Å². The molecule has 2 aromatic rings. The summed E-state index contributed by atoms with van der Waals surface area (Å²) in [5.41, 5.74) is 3.74. The summed E-state index contributed by atoms with van der Waals surface area (Å²) in [6, 6.07) is 16.3. The Morgan fingerprint density at radius 3 is 2.17 bits per heavy atom. The molecule has 0 bridgehead atoms. The lowest BCUT2D eigenvalue weighted by Gasteiger charge is -2.59. The van der Waals surface area contributed by atoms with Gasteiger partial charge in [0, 0.05) is 18.9 Å². The third-order valence-corrected chi connectivity index (χ3v) is 8.02. The minimum atomic E-state index is -0.994. The van der Waals surface area contributed by atoms with Crippen molar-refractivity contribution in [2.24, 2.45) is 11.3 Å². The smallest absolute Gasteiger partial charge is 0.408 e. The van der Waals surface area contributed by atoms with Crippen molar-refractivity contribution in [3.8, 4) is 11.1 Å². The Bertz CT molecular complexity index is 1100. The number of benzene rings is 2. The average Bonchev–Trinajstić information content (AvgIpc) is 3.10. The molecule has 2 amide bonds. The van der Waals surface area contributed by atoms with E-state index >= 15 is 0 Å². The van der Waals surface area contributed by atoms with Gasteiger partial charge in [0.1, 0.15) is 12.1 Å². The van der Waals surface area contributed by atoms with Gasteiger partial charge in [0.25, 0.3) is 0 Å². The second-order valence-corrected chi connectivity index (χ2v) is 10.7. The number of carboxylic acids is 1. The van der Waals surface area contributed by atoms with E-state index in [1.54, 1.807) is 6.92 Å². The summed E-state index contributed by atoms with van der Waals surface area (Å²) in [6.07, 6.45) is 3.89. The topological polar surface area (TPSA) is 105 Å². The molecule has 35 heavy (non-hydrogen) atoms. The van der Waals surface area contributed by atoms with Gasteiger partial charge in [-0.3, -0.25) is 9.59 Å². The summed E-state index contributed by atoms with van der Waals surface area (Å²) in [7, 11) is 0. The summed E-state index contributed by atoms with van der Waals surface area (Å²) in [5, 5.41) is 14.8. The van der Waals surface area contributed by atoms with Crippen molar-refractivity contribution < 1.29 is 24.2 Å².